The summed E-state index contributed by atoms with van der Waals surface area (Å²) in [6.45, 7) is -1.24. The predicted molar refractivity (Wildman–Crippen MR) is 99.1 cm³/mol. The van der Waals surface area contributed by atoms with Crippen LogP contribution in [0.3, 0.4) is 0 Å². The molecule has 3 rings (SSSR count). The minimum Gasteiger partial charge on any atom is -0.429 e. The lowest BCUT2D eigenvalue weighted by Gasteiger charge is -2.11. The van der Waals surface area contributed by atoms with Crippen LogP contribution in [-0.2, 0) is 6.42 Å². The van der Waals surface area contributed by atoms with E-state index in [1.165, 1.54) is 6.07 Å². The molecule has 3 aromatic carbocycles. The summed E-state index contributed by atoms with van der Waals surface area (Å²) in [5, 5.41) is 1.01. The molecular weight excluding hydrogens is 375 g/mol. The van der Waals surface area contributed by atoms with Gasteiger partial charge < -0.3 is 4.74 Å². The average Bonchev–Trinajstić information content (AvgIpc) is 2.65. The van der Waals surface area contributed by atoms with Crippen LogP contribution in [-0.4, -0.2) is 6.61 Å². The number of halogens is 5. The molecule has 0 amide bonds. The normalized spacial score (nSPS) is 11.4. The third-order valence-corrected chi connectivity index (χ3v) is 4.60. The van der Waals surface area contributed by atoms with E-state index in [-0.39, 0.29) is 11.1 Å². The van der Waals surface area contributed by atoms with Crippen LogP contribution in [0.2, 0.25) is 0 Å². The summed E-state index contributed by atoms with van der Waals surface area (Å²) in [5.41, 5.74) is 0.981. The first kappa shape index (κ1) is 20.1. The second-order valence-electron chi connectivity index (χ2n) is 6.59. The average molecular weight is 394 g/mol. The van der Waals surface area contributed by atoms with Crippen molar-refractivity contribution in [2.75, 3.05) is 0 Å². The van der Waals surface area contributed by atoms with E-state index in [0.717, 1.165) is 43.4 Å². The molecule has 0 aliphatic carbocycles. The fourth-order valence-electron chi connectivity index (χ4n) is 3.22. The van der Waals surface area contributed by atoms with Crippen LogP contribution in [0.25, 0.3) is 21.9 Å². The Morgan fingerprint density at radius 2 is 1.61 bits per heavy atom. The monoisotopic (exact) mass is 394 g/mol. The van der Waals surface area contributed by atoms with Gasteiger partial charge in [-0.15, -0.1) is 0 Å². The molecule has 3 aromatic rings. The minimum atomic E-state index is -3.36. The van der Waals surface area contributed by atoms with Crippen LogP contribution < -0.4 is 4.74 Å². The van der Waals surface area contributed by atoms with Gasteiger partial charge in [0.15, 0.2) is 17.4 Å². The van der Waals surface area contributed by atoms with Gasteiger partial charge in [-0.1, -0.05) is 50.1 Å². The molecule has 0 N–H and O–H groups in total. The summed E-state index contributed by atoms with van der Waals surface area (Å²) in [6, 6.07) is 10.1. The number of alkyl halides is 2. The smallest absolute Gasteiger partial charge is 0.387 e. The van der Waals surface area contributed by atoms with Crippen molar-refractivity contribution in [3.05, 3.63) is 65.5 Å². The highest BCUT2D eigenvalue weighted by molar-refractivity contribution is 5.88. The second kappa shape index (κ2) is 8.59. The van der Waals surface area contributed by atoms with E-state index in [0.29, 0.717) is 10.8 Å². The van der Waals surface area contributed by atoms with Gasteiger partial charge in [0.1, 0.15) is 5.82 Å². The van der Waals surface area contributed by atoms with E-state index in [4.69, 9.17) is 0 Å². The fourth-order valence-corrected chi connectivity index (χ4v) is 3.22. The van der Waals surface area contributed by atoms with Gasteiger partial charge in [0, 0.05) is 10.9 Å². The van der Waals surface area contributed by atoms with E-state index < -0.39 is 29.8 Å². The Kier molecular flexibility index (Phi) is 6.17. The Morgan fingerprint density at radius 1 is 0.893 bits per heavy atom. The molecule has 0 radical (unpaired) electrons. The molecule has 0 heterocycles. The summed E-state index contributed by atoms with van der Waals surface area (Å²) in [7, 11) is 0. The van der Waals surface area contributed by atoms with E-state index in [1.54, 1.807) is 12.1 Å². The minimum absolute atomic E-state index is 0.0207. The number of hydrogen-bond donors (Lipinski definition) is 0. The Labute approximate surface area is 159 Å². The van der Waals surface area contributed by atoms with Gasteiger partial charge in [-0.05, 0) is 41.5 Å². The van der Waals surface area contributed by atoms with Crippen molar-refractivity contribution in [1.82, 2.24) is 0 Å². The zero-order valence-electron chi connectivity index (χ0n) is 15.2. The molecule has 0 saturated carbocycles. The standard InChI is InChI=1S/C22H19F5O/c1-2-3-4-5-13-6-8-16-14(10-13)7-9-17(20(16)25)15-11-18(23)21(19(24)12-15)28-22(26)27/h6-12,22H,2-5H2,1H3. The molecule has 28 heavy (non-hydrogen) atoms. The van der Waals surface area contributed by atoms with Crippen molar-refractivity contribution >= 4 is 10.8 Å². The third kappa shape index (κ3) is 4.26. The maximum absolute atomic E-state index is 15.0. The summed E-state index contributed by atoms with van der Waals surface area (Å²) in [5.74, 6) is -4.45. The highest BCUT2D eigenvalue weighted by atomic mass is 19.3. The number of aryl methyl sites for hydroxylation is 1. The number of hydrogen-bond acceptors (Lipinski definition) is 1. The SMILES string of the molecule is CCCCCc1ccc2c(F)c(-c3cc(F)c(OC(F)F)c(F)c3)ccc2c1. The molecule has 0 aliphatic heterocycles. The molecule has 0 saturated heterocycles. The van der Waals surface area contributed by atoms with E-state index in [2.05, 4.69) is 11.7 Å². The largest absolute Gasteiger partial charge is 0.429 e. The molecule has 0 aromatic heterocycles. The van der Waals surface area contributed by atoms with Crippen molar-refractivity contribution in [1.29, 1.82) is 0 Å². The van der Waals surface area contributed by atoms with Crippen LogP contribution in [0.1, 0.15) is 31.7 Å². The molecule has 148 valence electrons. The van der Waals surface area contributed by atoms with Gasteiger partial charge in [-0.3, -0.25) is 0 Å². The first-order valence-electron chi connectivity index (χ1n) is 9.06. The Morgan fingerprint density at radius 3 is 2.25 bits per heavy atom. The zero-order valence-corrected chi connectivity index (χ0v) is 15.2. The van der Waals surface area contributed by atoms with Crippen LogP contribution in [0, 0.1) is 17.5 Å². The quantitative estimate of drug-likeness (QED) is 0.303. The molecule has 0 spiro atoms. The second-order valence-corrected chi connectivity index (χ2v) is 6.59. The lowest BCUT2D eigenvalue weighted by molar-refractivity contribution is -0.0546. The number of rotatable bonds is 7. The summed E-state index contributed by atoms with van der Waals surface area (Å²) >= 11 is 0. The van der Waals surface area contributed by atoms with Gasteiger partial charge in [0.2, 0.25) is 0 Å². The summed E-state index contributed by atoms with van der Waals surface area (Å²) in [6.07, 6.45) is 4.18. The van der Waals surface area contributed by atoms with Gasteiger partial charge in [0.05, 0.1) is 0 Å². The van der Waals surface area contributed by atoms with Gasteiger partial charge in [0.25, 0.3) is 0 Å². The van der Waals surface area contributed by atoms with Crippen molar-refractivity contribution in [2.45, 2.75) is 39.2 Å². The van der Waals surface area contributed by atoms with Crippen LogP contribution >= 0.6 is 0 Å². The Balaban J connectivity index is 1.97. The topological polar surface area (TPSA) is 9.23 Å². The number of fused-ring (bicyclic) bond motifs is 1. The molecule has 1 nitrogen and oxygen atoms in total. The Hall–Kier alpha value is -2.63. The molecule has 0 unspecified atom stereocenters. The molecule has 0 fully saturated rings. The van der Waals surface area contributed by atoms with E-state index >= 15 is 0 Å². The molecular formula is C22H19F5O. The van der Waals surface area contributed by atoms with Crippen molar-refractivity contribution in [3.8, 4) is 16.9 Å². The van der Waals surface area contributed by atoms with E-state index in [1.807, 2.05) is 12.1 Å². The zero-order chi connectivity index (χ0) is 20.3. The molecule has 0 bridgehead atoms. The molecule has 6 heteroatoms. The Bertz CT molecular complexity index is 961. The third-order valence-electron chi connectivity index (χ3n) is 4.60. The highest BCUT2D eigenvalue weighted by Crippen LogP contribution is 2.34. The number of benzene rings is 3. The molecule has 0 aliphatic rings. The number of unbranched alkanes of at least 4 members (excludes halogenated alkanes) is 2. The van der Waals surface area contributed by atoms with Gasteiger partial charge in [-0.25, -0.2) is 13.2 Å². The van der Waals surface area contributed by atoms with Crippen molar-refractivity contribution in [3.63, 3.8) is 0 Å². The highest BCUT2D eigenvalue weighted by Gasteiger charge is 2.19. The summed E-state index contributed by atoms with van der Waals surface area (Å²) in [4.78, 5) is 0. The van der Waals surface area contributed by atoms with Gasteiger partial charge in [-0.2, -0.15) is 8.78 Å². The van der Waals surface area contributed by atoms with Crippen molar-refractivity contribution < 1.29 is 26.7 Å². The number of ether oxygens (including phenoxy) is 1. The van der Waals surface area contributed by atoms with Crippen LogP contribution in [0.4, 0.5) is 22.0 Å². The maximum atomic E-state index is 15.0. The maximum Gasteiger partial charge on any atom is 0.387 e. The van der Waals surface area contributed by atoms with Crippen LogP contribution in [0.5, 0.6) is 5.75 Å². The first-order chi connectivity index (χ1) is 13.4. The lowest BCUT2D eigenvalue weighted by Crippen LogP contribution is -2.06. The van der Waals surface area contributed by atoms with E-state index in [9.17, 15) is 22.0 Å². The lowest BCUT2D eigenvalue weighted by atomic mass is 9.97. The summed E-state index contributed by atoms with van der Waals surface area (Å²) < 4.78 is 71.3. The predicted octanol–water partition coefficient (Wildman–Crippen LogP) is 7.26. The fraction of sp³-hybridized carbons (Fsp3) is 0.273. The van der Waals surface area contributed by atoms with Crippen LogP contribution in [0.15, 0.2) is 42.5 Å². The van der Waals surface area contributed by atoms with Gasteiger partial charge >= 0.3 is 6.61 Å². The first-order valence-corrected chi connectivity index (χ1v) is 9.06. The molecule has 0 atom stereocenters. The van der Waals surface area contributed by atoms with Crippen molar-refractivity contribution in [2.24, 2.45) is 0 Å².